The first-order chi connectivity index (χ1) is 8.66. The SMILES string of the molecule is CC(Nc1cccc(C(N)=O)c1)c1cnccn1. The van der Waals surface area contributed by atoms with Gasteiger partial charge in [-0.2, -0.15) is 0 Å². The van der Waals surface area contributed by atoms with Crippen LogP contribution in [-0.2, 0) is 0 Å². The number of nitrogens with two attached hydrogens (primary N) is 1. The maximum Gasteiger partial charge on any atom is 0.248 e. The van der Waals surface area contributed by atoms with E-state index >= 15 is 0 Å². The predicted octanol–water partition coefficient (Wildman–Crippen LogP) is 1.75. The summed E-state index contributed by atoms with van der Waals surface area (Å²) in [5, 5.41) is 3.24. The molecule has 1 aromatic heterocycles. The normalized spacial score (nSPS) is 11.8. The number of aromatic nitrogens is 2. The second-order valence-electron chi connectivity index (χ2n) is 3.94. The average molecular weight is 242 g/mol. The van der Waals surface area contributed by atoms with Gasteiger partial charge in [-0.15, -0.1) is 0 Å². The molecule has 0 spiro atoms. The summed E-state index contributed by atoms with van der Waals surface area (Å²) in [4.78, 5) is 19.3. The minimum absolute atomic E-state index is 0.00169. The van der Waals surface area contributed by atoms with Gasteiger partial charge < -0.3 is 11.1 Å². The van der Waals surface area contributed by atoms with Crippen LogP contribution in [0.15, 0.2) is 42.9 Å². The zero-order valence-corrected chi connectivity index (χ0v) is 10.00. The Bertz CT molecular complexity index is 542. The van der Waals surface area contributed by atoms with E-state index in [9.17, 15) is 4.79 Å². The molecule has 0 radical (unpaired) electrons. The lowest BCUT2D eigenvalue weighted by Gasteiger charge is -2.14. The summed E-state index contributed by atoms with van der Waals surface area (Å²) < 4.78 is 0. The number of nitrogens with one attached hydrogen (secondary N) is 1. The summed E-state index contributed by atoms with van der Waals surface area (Å²) in [5.41, 5.74) is 7.37. The quantitative estimate of drug-likeness (QED) is 0.855. The molecule has 1 heterocycles. The van der Waals surface area contributed by atoms with Crippen LogP contribution in [0.5, 0.6) is 0 Å². The lowest BCUT2D eigenvalue weighted by atomic mass is 10.1. The van der Waals surface area contributed by atoms with E-state index in [1.165, 1.54) is 0 Å². The Morgan fingerprint density at radius 2 is 2.22 bits per heavy atom. The number of primary amides is 1. The molecule has 1 unspecified atom stereocenters. The Morgan fingerprint density at radius 1 is 1.39 bits per heavy atom. The van der Waals surface area contributed by atoms with E-state index in [-0.39, 0.29) is 6.04 Å². The molecule has 0 aliphatic heterocycles. The number of carbonyl (C=O) groups is 1. The molecule has 1 atom stereocenters. The number of carbonyl (C=O) groups excluding carboxylic acids is 1. The van der Waals surface area contributed by atoms with E-state index < -0.39 is 5.91 Å². The predicted molar refractivity (Wildman–Crippen MR) is 69.0 cm³/mol. The molecule has 5 nitrogen and oxygen atoms in total. The summed E-state index contributed by atoms with van der Waals surface area (Å²) in [6.45, 7) is 1.97. The highest BCUT2D eigenvalue weighted by molar-refractivity contribution is 5.93. The molecule has 18 heavy (non-hydrogen) atoms. The van der Waals surface area contributed by atoms with Crippen LogP contribution in [0.1, 0.15) is 29.0 Å². The van der Waals surface area contributed by atoms with Crippen molar-refractivity contribution in [2.45, 2.75) is 13.0 Å². The van der Waals surface area contributed by atoms with Crippen LogP contribution in [-0.4, -0.2) is 15.9 Å². The van der Waals surface area contributed by atoms with Gasteiger partial charge in [0.2, 0.25) is 5.91 Å². The Hall–Kier alpha value is -2.43. The van der Waals surface area contributed by atoms with Gasteiger partial charge in [0.25, 0.3) is 0 Å². The lowest BCUT2D eigenvalue weighted by molar-refractivity contribution is 0.100. The second kappa shape index (κ2) is 5.27. The van der Waals surface area contributed by atoms with E-state index in [0.717, 1.165) is 11.4 Å². The van der Waals surface area contributed by atoms with Crippen LogP contribution in [0.2, 0.25) is 0 Å². The van der Waals surface area contributed by atoms with Crippen molar-refractivity contribution >= 4 is 11.6 Å². The second-order valence-corrected chi connectivity index (χ2v) is 3.94. The van der Waals surface area contributed by atoms with Crippen molar-refractivity contribution in [1.29, 1.82) is 0 Å². The monoisotopic (exact) mass is 242 g/mol. The van der Waals surface area contributed by atoms with Gasteiger partial charge in [-0.3, -0.25) is 14.8 Å². The molecule has 0 aliphatic rings. The summed E-state index contributed by atoms with van der Waals surface area (Å²) in [7, 11) is 0. The zero-order valence-electron chi connectivity index (χ0n) is 10.00. The fraction of sp³-hybridized carbons (Fsp3) is 0.154. The number of amides is 1. The van der Waals surface area contributed by atoms with Crippen molar-refractivity contribution < 1.29 is 4.79 Å². The largest absolute Gasteiger partial charge is 0.377 e. The Balaban J connectivity index is 2.14. The van der Waals surface area contributed by atoms with Crippen molar-refractivity contribution in [2.75, 3.05) is 5.32 Å². The van der Waals surface area contributed by atoms with Gasteiger partial charge in [0.05, 0.1) is 17.9 Å². The summed E-state index contributed by atoms with van der Waals surface area (Å²) in [6, 6.07) is 7.06. The first-order valence-corrected chi connectivity index (χ1v) is 5.59. The minimum atomic E-state index is -0.439. The first kappa shape index (κ1) is 12.0. The highest BCUT2D eigenvalue weighted by atomic mass is 16.1. The van der Waals surface area contributed by atoms with Gasteiger partial charge in [0, 0.05) is 23.6 Å². The lowest BCUT2D eigenvalue weighted by Crippen LogP contribution is -2.12. The molecule has 1 aromatic carbocycles. The summed E-state index contributed by atoms with van der Waals surface area (Å²) in [6.07, 6.45) is 4.98. The molecule has 0 saturated heterocycles. The van der Waals surface area contributed by atoms with Gasteiger partial charge in [-0.25, -0.2) is 0 Å². The molecule has 3 N–H and O–H groups in total. The Kier molecular flexibility index (Phi) is 3.52. The molecule has 0 fully saturated rings. The first-order valence-electron chi connectivity index (χ1n) is 5.59. The maximum atomic E-state index is 11.1. The van der Waals surface area contributed by atoms with Crippen LogP contribution in [0.25, 0.3) is 0 Å². The van der Waals surface area contributed by atoms with Crippen molar-refractivity contribution in [2.24, 2.45) is 5.73 Å². The van der Waals surface area contributed by atoms with E-state index in [1.807, 2.05) is 13.0 Å². The molecule has 2 aromatic rings. The minimum Gasteiger partial charge on any atom is -0.377 e. The Labute approximate surface area is 105 Å². The van der Waals surface area contributed by atoms with Crippen LogP contribution in [0.3, 0.4) is 0 Å². The van der Waals surface area contributed by atoms with E-state index in [0.29, 0.717) is 5.56 Å². The molecule has 0 bridgehead atoms. The van der Waals surface area contributed by atoms with Crippen LogP contribution in [0.4, 0.5) is 5.69 Å². The topological polar surface area (TPSA) is 80.9 Å². The van der Waals surface area contributed by atoms with Gasteiger partial charge >= 0.3 is 0 Å². The summed E-state index contributed by atoms with van der Waals surface area (Å²) in [5.74, 6) is -0.439. The van der Waals surface area contributed by atoms with E-state index in [4.69, 9.17) is 5.73 Å². The average Bonchev–Trinajstić information content (AvgIpc) is 2.40. The highest BCUT2D eigenvalue weighted by Gasteiger charge is 2.07. The van der Waals surface area contributed by atoms with Gasteiger partial charge in [-0.1, -0.05) is 6.07 Å². The molecular formula is C13H14N4O. The van der Waals surface area contributed by atoms with Crippen molar-refractivity contribution in [3.8, 4) is 0 Å². The number of hydrogen-bond donors (Lipinski definition) is 2. The number of rotatable bonds is 4. The van der Waals surface area contributed by atoms with E-state index in [1.54, 1.807) is 36.8 Å². The van der Waals surface area contributed by atoms with Crippen molar-refractivity contribution in [3.05, 3.63) is 54.1 Å². The number of hydrogen-bond acceptors (Lipinski definition) is 4. The zero-order chi connectivity index (χ0) is 13.0. The van der Waals surface area contributed by atoms with Crippen LogP contribution >= 0.6 is 0 Å². The van der Waals surface area contributed by atoms with Gasteiger partial charge in [0.15, 0.2) is 0 Å². The Morgan fingerprint density at radius 3 is 2.89 bits per heavy atom. The number of anilines is 1. The molecule has 0 aliphatic carbocycles. The third-order valence-corrected chi connectivity index (χ3v) is 2.56. The molecule has 92 valence electrons. The fourth-order valence-corrected chi connectivity index (χ4v) is 1.62. The van der Waals surface area contributed by atoms with Crippen molar-refractivity contribution in [1.82, 2.24) is 9.97 Å². The smallest absolute Gasteiger partial charge is 0.248 e. The molecule has 1 amide bonds. The van der Waals surface area contributed by atoms with E-state index in [2.05, 4.69) is 15.3 Å². The van der Waals surface area contributed by atoms with Gasteiger partial charge in [-0.05, 0) is 25.1 Å². The molecular weight excluding hydrogens is 228 g/mol. The molecule has 0 saturated carbocycles. The third kappa shape index (κ3) is 2.82. The fourth-order valence-electron chi connectivity index (χ4n) is 1.62. The van der Waals surface area contributed by atoms with Crippen molar-refractivity contribution in [3.63, 3.8) is 0 Å². The number of benzene rings is 1. The van der Waals surface area contributed by atoms with Crippen LogP contribution < -0.4 is 11.1 Å². The number of nitrogens with zero attached hydrogens (tertiary/aromatic N) is 2. The van der Waals surface area contributed by atoms with Gasteiger partial charge in [0.1, 0.15) is 0 Å². The standard InChI is InChI=1S/C13H14N4O/c1-9(12-8-15-5-6-16-12)17-11-4-2-3-10(7-11)13(14)18/h2-9,17H,1H3,(H2,14,18). The maximum absolute atomic E-state index is 11.1. The molecule has 2 rings (SSSR count). The third-order valence-electron chi connectivity index (χ3n) is 2.56. The molecule has 5 heteroatoms. The summed E-state index contributed by atoms with van der Waals surface area (Å²) >= 11 is 0. The highest BCUT2D eigenvalue weighted by Crippen LogP contribution is 2.17. The van der Waals surface area contributed by atoms with Crippen LogP contribution in [0, 0.1) is 0 Å².